The van der Waals surface area contributed by atoms with E-state index in [4.69, 9.17) is 0 Å². The van der Waals surface area contributed by atoms with Crippen molar-refractivity contribution >= 4 is 5.52 Å². The molecule has 1 fully saturated rings. The second-order valence-corrected chi connectivity index (χ2v) is 5.19. The summed E-state index contributed by atoms with van der Waals surface area (Å²) in [5.41, 5.74) is 2.43. The first-order valence-electron chi connectivity index (χ1n) is 6.89. The summed E-state index contributed by atoms with van der Waals surface area (Å²) in [5.74, 6) is 0.908. The molecule has 3 rings (SSSR count). The lowest BCUT2D eigenvalue weighted by Crippen LogP contribution is -2.22. The predicted molar refractivity (Wildman–Crippen MR) is 71.4 cm³/mol. The molecule has 1 saturated carbocycles. The van der Waals surface area contributed by atoms with Gasteiger partial charge in [0.15, 0.2) is 0 Å². The average Bonchev–Trinajstić information content (AvgIpc) is 3.12. The van der Waals surface area contributed by atoms with Crippen molar-refractivity contribution in [3.63, 3.8) is 0 Å². The van der Waals surface area contributed by atoms with Gasteiger partial charge in [0.05, 0.1) is 17.9 Å². The molecule has 0 bridgehead atoms. The molecule has 0 radical (unpaired) electrons. The van der Waals surface area contributed by atoms with E-state index >= 15 is 0 Å². The maximum Gasteiger partial charge on any atom is 0.0892 e. The normalized spacial score (nSPS) is 17.2. The van der Waals surface area contributed by atoms with Crippen LogP contribution in [0.5, 0.6) is 0 Å². The van der Waals surface area contributed by atoms with Crippen molar-refractivity contribution in [2.45, 2.75) is 38.6 Å². The molecule has 1 N–H and O–H groups in total. The Labute approximate surface area is 107 Å². The van der Waals surface area contributed by atoms with Crippen molar-refractivity contribution < 1.29 is 0 Å². The summed E-state index contributed by atoms with van der Waals surface area (Å²) in [7, 11) is 0. The quantitative estimate of drug-likeness (QED) is 0.849. The Balaban J connectivity index is 1.87. The van der Waals surface area contributed by atoms with Gasteiger partial charge in [0.2, 0.25) is 0 Å². The highest BCUT2D eigenvalue weighted by Crippen LogP contribution is 2.38. The lowest BCUT2D eigenvalue weighted by Gasteiger charge is -2.17. The highest BCUT2D eigenvalue weighted by molar-refractivity contribution is 5.53. The van der Waals surface area contributed by atoms with Crippen LogP contribution in [-0.2, 0) is 0 Å². The molecule has 96 valence electrons. The van der Waals surface area contributed by atoms with Gasteiger partial charge < -0.3 is 5.32 Å². The van der Waals surface area contributed by atoms with Gasteiger partial charge in [-0.25, -0.2) is 4.52 Å². The van der Waals surface area contributed by atoms with Gasteiger partial charge in [-0.2, -0.15) is 5.10 Å². The number of nitrogens with one attached hydrogen (secondary N) is 1. The second-order valence-electron chi connectivity index (χ2n) is 5.19. The number of hydrogen-bond donors (Lipinski definition) is 1. The third-order valence-corrected chi connectivity index (χ3v) is 3.64. The molecule has 1 aliphatic carbocycles. The summed E-state index contributed by atoms with van der Waals surface area (Å²) in [6.45, 7) is 3.27. The molecule has 1 unspecified atom stereocenters. The van der Waals surface area contributed by atoms with Crippen molar-refractivity contribution in [2.24, 2.45) is 5.92 Å². The van der Waals surface area contributed by atoms with Gasteiger partial charge in [0.1, 0.15) is 0 Å². The Morgan fingerprint density at radius 2 is 2.33 bits per heavy atom. The highest BCUT2D eigenvalue weighted by Gasteiger charge is 2.27. The largest absolute Gasteiger partial charge is 0.310 e. The molecule has 4 heteroatoms. The number of aromatic nitrogens is 3. The van der Waals surface area contributed by atoms with Gasteiger partial charge in [0, 0.05) is 24.0 Å². The van der Waals surface area contributed by atoms with E-state index in [1.54, 1.807) is 6.20 Å². The van der Waals surface area contributed by atoms with Crippen LogP contribution in [-0.4, -0.2) is 21.1 Å². The minimum absolute atomic E-state index is 0.430. The van der Waals surface area contributed by atoms with Crippen LogP contribution >= 0.6 is 0 Å². The topological polar surface area (TPSA) is 42.2 Å². The van der Waals surface area contributed by atoms with Crippen LogP contribution in [0.25, 0.3) is 5.52 Å². The number of rotatable bonds is 6. The van der Waals surface area contributed by atoms with Crippen LogP contribution in [0.1, 0.15) is 44.2 Å². The molecule has 0 saturated heterocycles. The van der Waals surface area contributed by atoms with E-state index in [0.29, 0.717) is 6.04 Å². The molecular weight excluding hydrogens is 224 g/mol. The van der Waals surface area contributed by atoms with Gasteiger partial charge in [-0.05, 0) is 25.3 Å². The van der Waals surface area contributed by atoms with Gasteiger partial charge in [0.25, 0.3) is 0 Å². The highest BCUT2D eigenvalue weighted by atomic mass is 15.2. The number of hydrogen-bond acceptors (Lipinski definition) is 3. The third kappa shape index (κ3) is 2.38. The summed E-state index contributed by atoms with van der Waals surface area (Å²) in [4.78, 5) is 4.21. The van der Waals surface area contributed by atoms with Crippen LogP contribution in [0, 0.1) is 5.92 Å². The second kappa shape index (κ2) is 5.06. The van der Waals surface area contributed by atoms with Crippen molar-refractivity contribution in [3.8, 4) is 0 Å². The molecule has 2 heterocycles. The summed E-state index contributed by atoms with van der Waals surface area (Å²) in [6, 6.07) is 0.430. The van der Waals surface area contributed by atoms with Gasteiger partial charge >= 0.3 is 0 Å². The first-order chi connectivity index (χ1) is 8.88. The summed E-state index contributed by atoms with van der Waals surface area (Å²) < 4.78 is 1.91. The summed E-state index contributed by atoms with van der Waals surface area (Å²) in [5, 5.41) is 8.07. The zero-order valence-electron chi connectivity index (χ0n) is 10.8. The van der Waals surface area contributed by atoms with E-state index < -0.39 is 0 Å². The standard InChI is InChI=1S/C14H20N4/c1-2-5-16-13(8-11-3-4-11)12-9-17-18-7-6-15-10-14(12)18/h6-7,9-11,13,16H,2-5,8H2,1H3. The Bertz CT molecular complexity index is 515. The van der Waals surface area contributed by atoms with Gasteiger partial charge in [-0.15, -0.1) is 0 Å². The van der Waals surface area contributed by atoms with E-state index in [9.17, 15) is 0 Å². The Morgan fingerprint density at radius 1 is 1.44 bits per heavy atom. The van der Waals surface area contributed by atoms with E-state index in [2.05, 4.69) is 22.3 Å². The van der Waals surface area contributed by atoms with Crippen molar-refractivity contribution in [3.05, 3.63) is 30.4 Å². The smallest absolute Gasteiger partial charge is 0.0892 e. The van der Waals surface area contributed by atoms with Crippen LogP contribution < -0.4 is 5.32 Å². The first kappa shape index (κ1) is 11.7. The molecule has 4 nitrogen and oxygen atoms in total. The monoisotopic (exact) mass is 244 g/mol. The molecular formula is C14H20N4. The van der Waals surface area contributed by atoms with Crippen molar-refractivity contribution in [2.75, 3.05) is 6.54 Å². The summed E-state index contributed by atoms with van der Waals surface area (Å²) >= 11 is 0. The predicted octanol–water partition coefficient (Wildman–Crippen LogP) is 2.57. The SMILES string of the molecule is CCCNC(CC1CC1)c1cnn2ccncc12. The van der Waals surface area contributed by atoms with E-state index in [1.807, 2.05) is 23.1 Å². The van der Waals surface area contributed by atoms with Gasteiger partial charge in [-0.3, -0.25) is 4.98 Å². The molecule has 0 amide bonds. The molecule has 0 aliphatic heterocycles. The molecule has 18 heavy (non-hydrogen) atoms. The molecule has 1 aliphatic rings. The molecule has 0 spiro atoms. The van der Waals surface area contributed by atoms with E-state index in [0.717, 1.165) is 18.0 Å². The van der Waals surface area contributed by atoms with Crippen molar-refractivity contribution in [1.82, 2.24) is 19.9 Å². The molecule has 2 aromatic heterocycles. The average molecular weight is 244 g/mol. The lowest BCUT2D eigenvalue weighted by atomic mass is 10.0. The number of nitrogens with zero attached hydrogens (tertiary/aromatic N) is 3. The fourth-order valence-corrected chi connectivity index (χ4v) is 2.45. The lowest BCUT2D eigenvalue weighted by molar-refractivity contribution is 0.476. The van der Waals surface area contributed by atoms with E-state index in [1.165, 1.54) is 31.2 Å². The van der Waals surface area contributed by atoms with Gasteiger partial charge in [-0.1, -0.05) is 19.8 Å². The maximum absolute atomic E-state index is 4.41. The Morgan fingerprint density at radius 3 is 3.11 bits per heavy atom. The Kier molecular flexibility index (Phi) is 3.28. The first-order valence-corrected chi connectivity index (χ1v) is 6.89. The number of fused-ring (bicyclic) bond motifs is 1. The van der Waals surface area contributed by atoms with Crippen LogP contribution in [0.4, 0.5) is 0 Å². The Hall–Kier alpha value is -1.42. The molecule has 1 atom stereocenters. The minimum atomic E-state index is 0.430. The fraction of sp³-hybridized carbons (Fsp3) is 0.571. The maximum atomic E-state index is 4.41. The van der Waals surface area contributed by atoms with Crippen LogP contribution in [0.2, 0.25) is 0 Å². The molecule has 0 aromatic carbocycles. The van der Waals surface area contributed by atoms with Crippen LogP contribution in [0.3, 0.4) is 0 Å². The zero-order valence-corrected chi connectivity index (χ0v) is 10.8. The molecule has 2 aromatic rings. The van der Waals surface area contributed by atoms with E-state index in [-0.39, 0.29) is 0 Å². The zero-order chi connectivity index (χ0) is 12.4. The third-order valence-electron chi connectivity index (χ3n) is 3.64. The fourth-order valence-electron chi connectivity index (χ4n) is 2.45. The van der Waals surface area contributed by atoms with Crippen LogP contribution in [0.15, 0.2) is 24.8 Å². The summed E-state index contributed by atoms with van der Waals surface area (Å²) in [6.07, 6.45) is 12.8. The van der Waals surface area contributed by atoms with Crippen molar-refractivity contribution in [1.29, 1.82) is 0 Å². The minimum Gasteiger partial charge on any atom is -0.310 e.